The van der Waals surface area contributed by atoms with E-state index in [2.05, 4.69) is 31.1 Å². The Bertz CT molecular complexity index is 1230. The van der Waals surface area contributed by atoms with Crippen LogP contribution in [0.5, 0.6) is 0 Å². The number of H-pyrrole nitrogens is 2. The highest BCUT2D eigenvalue weighted by Gasteiger charge is 2.27. The molecule has 0 unspecified atom stereocenters. The van der Waals surface area contributed by atoms with Crippen molar-refractivity contribution in [1.29, 1.82) is 0 Å². The third-order valence-corrected chi connectivity index (χ3v) is 5.78. The first-order chi connectivity index (χ1) is 13.0. The van der Waals surface area contributed by atoms with Gasteiger partial charge in [-0.3, -0.25) is 9.89 Å². The van der Waals surface area contributed by atoms with E-state index in [0.29, 0.717) is 30.6 Å². The zero-order valence-electron chi connectivity index (χ0n) is 14.6. The van der Waals surface area contributed by atoms with Crippen molar-refractivity contribution in [3.05, 3.63) is 63.1 Å². The molecular formula is C20H16BrFN4O. The molecule has 0 bridgehead atoms. The number of aryl methyl sites for hydroxylation is 1. The number of halogens is 2. The molecule has 0 aliphatic carbocycles. The van der Waals surface area contributed by atoms with Crippen LogP contribution in [-0.2, 0) is 13.0 Å². The van der Waals surface area contributed by atoms with Crippen LogP contribution in [-0.4, -0.2) is 32.5 Å². The van der Waals surface area contributed by atoms with Crippen molar-refractivity contribution in [3.63, 3.8) is 0 Å². The minimum absolute atomic E-state index is 0.0447. The quantitative estimate of drug-likeness (QED) is 0.472. The molecule has 5 nitrogen and oxygen atoms in total. The highest BCUT2D eigenvalue weighted by Crippen LogP contribution is 2.33. The summed E-state index contributed by atoms with van der Waals surface area (Å²) in [4.78, 5) is 18.3. The van der Waals surface area contributed by atoms with Crippen molar-refractivity contribution < 1.29 is 9.18 Å². The lowest BCUT2D eigenvalue weighted by Gasteiger charge is -2.28. The predicted octanol–water partition coefficient (Wildman–Crippen LogP) is 4.45. The smallest absolute Gasteiger partial charge is 0.254 e. The van der Waals surface area contributed by atoms with Gasteiger partial charge in [0.1, 0.15) is 5.82 Å². The van der Waals surface area contributed by atoms with Crippen molar-refractivity contribution in [2.24, 2.45) is 0 Å². The lowest BCUT2D eigenvalue weighted by atomic mass is 10.00. The largest absolute Gasteiger partial charge is 0.356 e. The summed E-state index contributed by atoms with van der Waals surface area (Å²) in [6.07, 6.45) is 2.35. The van der Waals surface area contributed by atoms with Gasteiger partial charge in [-0.25, -0.2) is 4.39 Å². The Labute approximate surface area is 162 Å². The molecule has 27 heavy (non-hydrogen) atoms. The maximum Gasteiger partial charge on any atom is 0.254 e. The number of fused-ring (bicyclic) bond motifs is 4. The number of carbonyl (C=O) groups is 1. The standard InChI is InChI=1S/C20H16BrFN4O/c1-10-2-3-15(22)19-18(10)14-9-26(5-4-16(14)24-19)20(27)12-6-11(21)7-17-13(12)8-23-25-17/h2-3,6-8,24H,4-5,9H2,1H3,(H,23,25). The molecule has 3 heterocycles. The Morgan fingerprint density at radius 2 is 2.19 bits per heavy atom. The number of rotatable bonds is 1. The van der Waals surface area contributed by atoms with Gasteiger partial charge in [-0.2, -0.15) is 5.10 Å². The van der Waals surface area contributed by atoms with Crippen LogP contribution in [0.15, 0.2) is 34.9 Å². The molecule has 0 spiro atoms. The Kier molecular flexibility index (Phi) is 3.62. The lowest BCUT2D eigenvalue weighted by molar-refractivity contribution is 0.0737. The summed E-state index contributed by atoms with van der Waals surface area (Å²) in [5, 5.41) is 8.66. The minimum Gasteiger partial charge on any atom is -0.356 e. The molecule has 136 valence electrons. The zero-order valence-corrected chi connectivity index (χ0v) is 16.2. The molecule has 0 saturated carbocycles. The molecule has 0 radical (unpaired) electrons. The Morgan fingerprint density at radius 3 is 3.04 bits per heavy atom. The Balaban J connectivity index is 1.58. The van der Waals surface area contributed by atoms with Gasteiger partial charge >= 0.3 is 0 Å². The van der Waals surface area contributed by atoms with E-state index in [4.69, 9.17) is 0 Å². The second-order valence-electron chi connectivity index (χ2n) is 6.96. The number of carbonyl (C=O) groups excluding carboxylic acids is 1. The maximum atomic E-state index is 14.2. The van der Waals surface area contributed by atoms with Crippen molar-refractivity contribution in [2.45, 2.75) is 19.9 Å². The second-order valence-corrected chi connectivity index (χ2v) is 7.87. The minimum atomic E-state index is -0.255. The van der Waals surface area contributed by atoms with Gasteiger partial charge in [-0.05, 0) is 30.7 Å². The van der Waals surface area contributed by atoms with E-state index in [0.717, 1.165) is 37.6 Å². The summed E-state index contributed by atoms with van der Waals surface area (Å²) in [7, 11) is 0. The van der Waals surface area contributed by atoms with Crippen molar-refractivity contribution in [3.8, 4) is 0 Å². The molecule has 1 amide bonds. The molecule has 5 rings (SSSR count). The summed E-state index contributed by atoms with van der Waals surface area (Å²) in [5.41, 5.74) is 5.01. The highest BCUT2D eigenvalue weighted by atomic mass is 79.9. The molecule has 2 aromatic carbocycles. The van der Waals surface area contributed by atoms with E-state index < -0.39 is 0 Å². The average molecular weight is 427 g/mol. The van der Waals surface area contributed by atoms with Gasteiger partial charge in [0.05, 0.1) is 22.8 Å². The summed E-state index contributed by atoms with van der Waals surface area (Å²) in [6.45, 7) is 3.02. The molecule has 1 aliphatic heterocycles. The van der Waals surface area contributed by atoms with Crippen LogP contribution in [0.2, 0.25) is 0 Å². The van der Waals surface area contributed by atoms with Gasteiger partial charge in [-0.1, -0.05) is 22.0 Å². The fourth-order valence-electron chi connectivity index (χ4n) is 4.01. The van der Waals surface area contributed by atoms with Crippen LogP contribution in [0.1, 0.15) is 27.2 Å². The van der Waals surface area contributed by atoms with Crippen LogP contribution in [0.4, 0.5) is 4.39 Å². The van der Waals surface area contributed by atoms with Gasteiger partial charge < -0.3 is 9.88 Å². The molecule has 4 aromatic rings. The van der Waals surface area contributed by atoms with E-state index in [1.807, 2.05) is 24.0 Å². The van der Waals surface area contributed by atoms with Crippen molar-refractivity contribution in [1.82, 2.24) is 20.1 Å². The number of benzene rings is 2. The molecule has 2 N–H and O–H groups in total. The highest BCUT2D eigenvalue weighted by molar-refractivity contribution is 9.10. The van der Waals surface area contributed by atoms with Gasteiger partial charge in [-0.15, -0.1) is 0 Å². The van der Waals surface area contributed by atoms with Crippen LogP contribution < -0.4 is 0 Å². The van der Waals surface area contributed by atoms with Crippen LogP contribution in [0.25, 0.3) is 21.8 Å². The lowest BCUT2D eigenvalue weighted by Crippen LogP contribution is -2.35. The number of nitrogens with zero attached hydrogens (tertiary/aromatic N) is 2. The predicted molar refractivity (Wildman–Crippen MR) is 105 cm³/mol. The van der Waals surface area contributed by atoms with Crippen LogP contribution in [0, 0.1) is 12.7 Å². The SMILES string of the molecule is Cc1ccc(F)c2[nH]c3c(c12)CN(C(=O)c1cc(Br)cc2[nH]ncc12)CC3. The fraction of sp³-hybridized carbons (Fsp3) is 0.200. The summed E-state index contributed by atoms with van der Waals surface area (Å²) in [5.74, 6) is -0.299. The normalized spacial score (nSPS) is 14.1. The van der Waals surface area contributed by atoms with Gasteiger partial charge in [0, 0.05) is 46.0 Å². The number of hydrogen-bond donors (Lipinski definition) is 2. The topological polar surface area (TPSA) is 64.8 Å². The first kappa shape index (κ1) is 16.5. The molecular weight excluding hydrogens is 411 g/mol. The summed E-state index contributed by atoms with van der Waals surface area (Å²) >= 11 is 3.46. The Hall–Kier alpha value is -2.67. The molecule has 1 aliphatic rings. The van der Waals surface area contributed by atoms with E-state index in [9.17, 15) is 9.18 Å². The molecule has 2 aromatic heterocycles. The first-order valence-corrected chi connectivity index (χ1v) is 9.52. The van der Waals surface area contributed by atoms with Gasteiger partial charge in [0.15, 0.2) is 0 Å². The molecule has 0 fully saturated rings. The number of aromatic nitrogens is 3. The van der Waals surface area contributed by atoms with Crippen LogP contribution in [0.3, 0.4) is 0 Å². The monoisotopic (exact) mass is 426 g/mol. The summed E-state index contributed by atoms with van der Waals surface area (Å²) < 4.78 is 15.1. The van der Waals surface area contributed by atoms with E-state index in [-0.39, 0.29) is 11.7 Å². The van der Waals surface area contributed by atoms with Crippen molar-refractivity contribution >= 4 is 43.6 Å². The second kappa shape index (κ2) is 5.92. The fourth-order valence-corrected chi connectivity index (χ4v) is 4.47. The zero-order chi connectivity index (χ0) is 18.7. The first-order valence-electron chi connectivity index (χ1n) is 8.73. The van der Waals surface area contributed by atoms with E-state index in [1.54, 1.807) is 12.3 Å². The summed E-state index contributed by atoms with van der Waals surface area (Å²) in [6, 6.07) is 7.00. The maximum absolute atomic E-state index is 14.2. The molecule has 0 atom stereocenters. The average Bonchev–Trinajstić information content (AvgIpc) is 3.27. The number of aromatic amines is 2. The third-order valence-electron chi connectivity index (χ3n) is 5.33. The number of amides is 1. The van der Waals surface area contributed by atoms with Gasteiger partial charge in [0.25, 0.3) is 5.91 Å². The molecule has 7 heteroatoms. The Morgan fingerprint density at radius 1 is 1.33 bits per heavy atom. The van der Waals surface area contributed by atoms with E-state index in [1.165, 1.54) is 6.07 Å². The number of hydrogen-bond acceptors (Lipinski definition) is 2. The molecule has 0 saturated heterocycles. The van der Waals surface area contributed by atoms with Crippen LogP contribution >= 0.6 is 15.9 Å². The number of nitrogens with one attached hydrogen (secondary N) is 2. The third kappa shape index (κ3) is 2.49. The van der Waals surface area contributed by atoms with E-state index >= 15 is 0 Å². The van der Waals surface area contributed by atoms with Gasteiger partial charge in [0.2, 0.25) is 0 Å². The van der Waals surface area contributed by atoms with Crippen molar-refractivity contribution in [2.75, 3.05) is 6.54 Å².